The van der Waals surface area contributed by atoms with Gasteiger partial charge in [0.2, 0.25) is 5.91 Å². The van der Waals surface area contributed by atoms with E-state index in [0.29, 0.717) is 25.9 Å². The summed E-state index contributed by atoms with van der Waals surface area (Å²) >= 11 is 0. The summed E-state index contributed by atoms with van der Waals surface area (Å²) in [5.41, 5.74) is 6.05. The van der Waals surface area contributed by atoms with E-state index in [1.807, 2.05) is 0 Å². The molecule has 1 aromatic rings. The standard InChI is InChI=1S/C13H17F3N2O2.ClH/c1-18(12(19)3-2-8-17)9-10-4-6-11(7-5-10)20-13(14,15)16;/h4-7H,2-3,8-9,17H2,1H3;1H. The van der Waals surface area contributed by atoms with E-state index in [1.54, 1.807) is 7.05 Å². The first-order valence-corrected chi connectivity index (χ1v) is 6.10. The Morgan fingerprint density at radius 1 is 1.29 bits per heavy atom. The van der Waals surface area contributed by atoms with E-state index in [4.69, 9.17) is 5.73 Å². The van der Waals surface area contributed by atoms with Gasteiger partial charge in [0.15, 0.2) is 0 Å². The van der Waals surface area contributed by atoms with Crippen LogP contribution in [-0.4, -0.2) is 30.8 Å². The van der Waals surface area contributed by atoms with Crippen molar-refractivity contribution in [3.8, 4) is 5.75 Å². The van der Waals surface area contributed by atoms with Crippen molar-refractivity contribution in [3.63, 3.8) is 0 Å². The lowest BCUT2D eigenvalue weighted by atomic mass is 10.2. The molecule has 1 rings (SSSR count). The Labute approximate surface area is 127 Å². The normalized spacial score (nSPS) is 10.7. The predicted octanol–water partition coefficient (Wildman–Crippen LogP) is 2.70. The minimum absolute atomic E-state index is 0. The summed E-state index contributed by atoms with van der Waals surface area (Å²) in [4.78, 5) is 13.2. The molecule has 1 aromatic carbocycles. The number of carbonyl (C=O) groups is 1. The Morgan fingerprint density at radius 2 is 1.86 bits per heavy atom. The Hall–Kier alpha value is -1.47. The van der Waals surface area contributed by atoms with Crippen LogP contribution < -0.4 is 10.5 Å². The second-order valence-corrected chi connectivity index (χ2v) is 4.33. The number of carbonyl (C=O) groups excluding carboxylic acids is 1. The molecule has 0 aliphatic carbocycles. The summed E-state index contributed by atoms with van der Waals surface area (Å²) in [6.45, 7) is 0.777. The Morgan fingerprint density at radius 3 is 2.33 bits per heavy atom. The summed E-state index contributed by atoms with van der Waals surface area (Å²) in [5.74, 6) is -0.329. The van der Waals surface area contributed by atoms with Crippen molar-refractivity contribution in [2.75, 3.05) is 13.6 Å². The first kappa shape index (κ1) is 19.5. The van der Waals surface area contributed by atoms with E-state index in [9.17, 15) is 18.0 Å². The van der Waals surface area contributed by atoms with Crippen molar-refractivity contribution in [2.45, 2.75) is 25.7 Å². The fourth-order valence-corrected chi connectivity index (χ4v) is 1.60. The third-order valence-corrected chi connectivity index (χ3v) is 2.60. The molecule has 0 saturated carbocycles. The number of ether oxygens (including phenoxy) is 1. The third-order valence-electron chi connectivity index (χ3n) is 2.60. The van der Waals surface area contributed by atoms with Gasteiger partial charge in [0, 0.05) is 20.0 Å². The van der Waals surface area contributed by atoms with Crippen LogP contribution in [0.1, 0.15) is 18.4 Å². The lowest BCUT2D eigenvalue weighted by Crippen LogP contribution is -2.26. The molecular formula is C13H18ClF3N2O2. The molecule has 0 aromatic heterocycles. The summed E-state index contributed by atoms with van der Waals surface area (Å²) in [7, 11) is 1.64. The van der Waals surface area contributed by atoms with Gasteiger partial charge in [-0.05, 0) is 30.7 Å². The maximum atomic E-state index is 12.0. The number of alkyl halides is 3. The van der Waals surface area contributed by atoms with Gasteiger partial charge in [0.25, 0.3) is 0 Å². The Bertz CT molecular complexity index is 438. The van der Waals surface area contributed by atoms with Gasteiger partial charge in [-0.25, -0.2) is 0 Å². The van der Waals surface area contributed by atoms with Crippen molar-refractivity contribution in [2.24, 2.45) is 5.73 Å². The van der Waals surface area contributed by atoms with Crippen molar-refractivity contribution >= 4 is 18.3 Å². The molecule has 1 amide bonds. The summed E-state index contributed by atoms with van der Waals surface area (Å²) < 4.78 is 39.7. The first-order chi connectivity index (χ1) is 9.31. The number of hydrogen-bond donors (Lipinski definition) is 1. The predicted molar refractivity (Wildman–Crippen MR) is 75.1 cm³/mol. The maximum absolute atomic E-state index is 12.0. The number of hydrogen-bond acceptors (Lipinski definition) is 3. The van der Waals surface area contributed by atoms with Crippen LogP contribution in [0.4, 0.5) is 13.2 Å². The third kappa shape index (κ3) is 7.77. The van der Waals surface area contributed by atoms with Gasteiger partial charge in [-0.2, -0.15) is 0 Å². The van der Waals surface area contributed by atoms with Gasteiger partial charge in [-0.1, -0.05) is 12.1 Å². The molecule has 0 atom stereocenters. The van der Waals surface area contributed by atoms with E-state index in [0.717, 1.165) is 5.56 Å². The van der Waals surface area contributed by atoms with Crippen LogP contribution in [0.25, 0.3) is 0 Å². The molecule has 0 bridgehead atoms. The van der Waals surface area contributed by atoms with E-state index < -0.39 is 6.36 Å². The van der Waals surface area contributed by atoms with Crippen LogP contribution >= 0.6 is 12.4 Å². The van der Waals surface area contributed by atoms with Gasteiger partial charge in [0.1, 0.15) is 5.75 Å². The van der Waals surface area contributed by atoms with E-state index in [1.165, 1.54) is 29.2 Å². The molecule has 0 saturated heterocycles. The zero-order valence-electron chi connectivity index (χ0n) is 11.5. The van der Waals surface area contributed by atoms with Crippen LogP contribution in [-0.2, 0) is 11.3 Å². The van der Waals surface area contributed by atoms with Crippen LogP contribution in [0.2, 0.25) is 0 Å². The van der Waals surface area contributed by atoms with Crippen LogP contribution in [0.5, 0.6) is 5.75 Å². The Balaban J connectivity index is 0.00000400. The van der Waals surface area contributed by atoms with Gasteiger partial charge in [-0.15, -0.1) is 25.6 Å². The van der Waals surface area contributed by atoms with Crippen molar-refractivity contribution in [1.82, 2.24) is 4.90 Å². The lowest BCUT2D eigenvalue weighted by Gasteiger charge is -2.17. The number of halogens is 4. The smallest absolute Gasteiger partial charge is 0.406 e. The van der Waals surface area contributed by atoms with Crippen LogP contribution in [0, 0.1) is 0 Å². The minimum atomic E-state index is -4.70. The second-order valence-electron chi connectivity index (χ2n) is 4.33. The molecule has 0 spiro atoms. The van der Waals surface area contributed by atoms with Gasteiger partial charge >= 0.3 is 6.36 Å². The highest BCUT2D eigenvalue weighted by Crippen LogP contribution is 2.23. The molecule has 0 aliphatic rings. The fourth-order valence-electron chi connectivity index (χ4n) is 1.60. The lowest BCUT2D eigenvalue weighted by molar-refractivity contribution is -0.274. The van der Waals surface area contributed by atoms with Gasteiger partial charge in [0.05, 0.1) is 0 Å². The fraction of sp³-hybridized carbons (Fsp3) is 0.462. The quantitative estimate of drug-likeness (QED) is 0.874. The molecular weight excluding hydrogens is 309 g/mol. The highest BCUT2D eigenvalue weighted by molar-refractivity contribution is 5.85. The number of nitrogens with two attached hydrogens (primary N) is 1. The summed E-state index contributed by atoms with van der Waals surface area (Å²) in [6, 6.07) is 5.43. The van der Waals surface area contributed by atoms with Crippen molar-refractivity contribution in [1.29, 1.82) is 0 Å². The average molecular weight is 327 g/mol. The first-order valence-electron chi connectivity index (χ1n) is 6.10. The van der Waals surface area contributed by atoms with Crippen LogP contribution in [0.3, 0.4) is 0 Å². The molecule has 21 heavy (non-hydrogen) atoms. The van der Waals surface area contributed by atoms with Gasteiger partial charge < -0.3 is 15.4 Å². The van der Waals surface area contributed by atoms with E-state index >= 15 is 0 Å². The number of rotatable bonds is 6. The SMILES string of the molecule is CN(Cc1ccc(OC(F)(F)F)cc1)C(=O)CCCN.Cl. The second kappa shape index (κ2) is 8.74. The van der Waals surface area contributed by atoms with E-state index in [-0.39, 0.29) is 24.1 Å². The zero-order chi connectivity index (χ0) is 15.2. The summed E-state index contributed by atoms with van der Waals surface area (Å²) in [5, 5.41) is 0. The zero-order valence-corrected chi connectivity index (χ0v) is 12.3. The number of benzene rings is 1. The molecule has 120 valence electrons. The molecule has 0 fully saturated rings. The molecule has 0 radical (unpaired) electrons. The van der Waals surface area contributed by atoms with E-state index in [2.05, 4.69) is 4.74 Å². The molecule has 0 heterocycles. The average Bonchev–Trinajstić information content (AvgIpc) is 2.36. The topological polar surface area (TPSA) is 55.6 Å². The minimum Gasteiger partial charge on any atom is -0.406 e. The number of amides is 1. The molecule has 2 N–H and O–H groups in total. The molecule has 8 heteroatoms. The number of nitrogens with zero attached hydrogens (tertiary/aromatic N) is 1. The van der Waals surface area contributed by atoms with Crippen LogP contribution in [0.15, 0.2) is 24.3 Å². The van der Waals surface area contributed by atoms with Crippen molar-refractivity contribution < 1.29 is 22.7 Å². The van der Waals surface area contributed by atoms with Crippen molar-refractivity contribution in [3.05, 3.63) is 29.8 Å². The maximum Gasteiger partial charge on any atom is 0.573 e. The molecule has 0 unspecified atom stereocenters. The highest BCUT2D eigenvalue weighted by Gasteiger charge is 2.30. The van der Waals surface area contributed by atoms with Gasteiger partial charge in [-0.3, -0.25) is 4.79 Å². The monoisotopic (exact) mass is 326 g/mol. The molecule has 0 aliphatic heterocycles. The Kier molecular flexibility index (Phi) is 8.12. The largest absolute Gasteiger partial charge is 0.573 e. The molecule has 4 nitrogen and oxygen atoms in total. The summed E-state index contributed by atoms with van der Waals surface area (Å²) in [6.07, 6.45) is -3.72. The highest BCUT2D eigenvalue weighted by atomic mass is 35.5.